The number of hydrogen-bond acceptors (Lipinski definition) is 5. The average Bonchev–Trinajstić information content (AvgIpc) is 3.01. The first kappa shape index (κ1) is 14.8. The molecule has 4 rings (SSSR count). The molecule has 2 N–H and O–H groups in total. The lowest BCUT2D eigenvalue weighted by molar-refractivity contribution is -0.0929. The van der Waals surface area contributed by atoms with Gasteiger partial charge in [0, 0.05) is 30.9 Å². The van der Waals surface area contributed by atoms with E-state index in [9.17, 15) is 0 Å². The SMILES string of the molecule is Cc1nccc(-c2cc3c([nH]2)C(CC2COCCO2)CNC3)n1. The predicted octanol–water partition coefficient (Wildman–Crippen LogP) is 1.77. The third kappa shape index (κ3) is 3.15. The fourth-order valence-electron chi connectivity index (χ4n) is 3.44. The van der Waals surface area contributed by atoms with Gasteiger partial charge in [-0.3, -0.25) is 0 Å². The Bertz CT molecular complexity index is 679. The van der Waals surface area contributed by atoms with Crippen molar-refractivity contribution in [2.24, 2.45) is 0 Å². The van der Waals surface area contributed by atoms with Crippen molar-refractivity contribution in [2.45, 2.75) is 31.9 Å². The summed E-state index contributed by atoms with van der Waals surface area (Å²) in [4.78, 5) is 12.3. The van der Waals surface area contributed by atoms with Gasteiger partial charge in [0.1, 0.15) is 5.82 Å². The van der Waals surface area contributed by atoms with Crippen LogP contribution < -0.4 is 5.32 Å². The number of nitrogens with zero attached hydrogens (tertiary/aromatic N) is 2. The van der Waals surface area contributed by atoms with Crippen LogP contribution in [0.5, 0.6) is 0 Å². The Morgan fingerprint density at radius 1 is 1.35 bits per heavy atom. The molecule has 0 aliphatic carbocycles. The van der Waals surface area contributed by atoms with Gasteiger partial charge < -0.3 is 19.8 Å². The Kier molecular flexibility index (Phi) is 4.11. The van der Waals surface area contributed by atoms with Crippen LogP contribution in [0.25, 0.3) is 11.4 Å². The van der Waals surface area contributed by atoms with Crippen molar-refractivity contribution in [3.63, 3.8) is 0 Å². The molecule has 2 unspecified atom stereocenters. The molecular formula is C17H22N4O2. The van der Waals surface area contributed by atoms with E-state index in [4.69, 9.17) is 9.47 Å². The molecule has 0 amide bonds. The highest BCUT2D eigenvalue weighted by atomic mass is 16.6. The van der Waals surface area contributed by atoms with Crippen molar-refractivity contribution in [1.82, 2.24) is 20.3 Å². The minimum atomic E-state index is 0.189. The Balaban J connectivity index is 1.58. The van der Waals surface area contributed by atoms with Crippen molar-refractivity contribution >= 4 is 0 Å². The molecule has 0 saturated carbocycles. The summed E-state index contributed by atoms with van der Waals surface area (Å²) in [5.74, 6) is 1.21. The molecular weight excluding hydrogens is 292 g/mol. The lowest BCUT2D eigenvalue weighted by Gasteiger charge is -2.29. The second-order valence-electron chi connectivity index (χ2n) is 6.24. The second kappa shape index (κ2) is 6.39. The van der Waals surface area contributed by atoms with E-state index in [-0.39, 0.29) is 6.10 Å². The molecule has 2 aromatic rings. The molecule has 2 aliphatic heterocycles. The molecule has 23 heavy (non-hydrogen) atoms. The van der Waals surface area contributed by atoms with Gasteiger partial charge in [-0.15, -0.1) is 0 Å². The molecule has 6 nitrogen and oxygen atoms in total. The van der Waals surface area contributed by atoms with E-state index in [0.29, 0.717) is 25.7 Å². The molecule has 2 atom stereocenters. The molecule has 0 bridgehead atoms. The zero-order valence-corrected chi connectivity index (χ0v) is 13.3. The van der Waals surface area contributed by atoms with Gasteiger partial charge >= 0.3 is 0 Å². The maximum absolute atomic E-state index is 5.82. The van der Waals surface area contributed by atoms with Crippen LogP contribution in [0, 0.1) is 6.92 Å². The van der Waals surface area contributed by atoms with Gasteiger partial charge in [-0.1, -0.05) is 0 Å². The van der Waals surface area contributed by atoms with Crippen molar-refractivity contribution in [1.29, 1.82) is 0 Å². The number of aromatic nitrogens is 3. The first-order chi connectivity index (χ1) is 11.3. The van der Waals surface area contributed by atoms with Gasteiger partial charge in [-0.25, -0.2) is 9.97 Å². The van der Waals surface area contributed by atoms with Crippen molar-refractivity contribution in [2.75, 3.05) is 26.4 Å². The van der Waals surface area contributed by atoms with Crippen molar-refractivity contribution in [3.05, 3.63) is 35.4 Å². The summed E-state index contributed by atoms with van der Waals surface area (Å²) in [6, 6.07) is 4.15. The quantitative estimate of drug-likeness (QED) is 0.903. The van der Waals surface area contributed by atoms with Crippen molar-refractivity contribution < 1.29 is 9.47 Å². The van der Waals surface area contributed by atoms with Gasteiger partial charge in [0.25, 0.3) is 0 Å². The Morgan fingerprint density at radius 2 is 2.30 bits per heavy atom. The molecule has 1 saturated heterocycles. The molecule has 4 heterocycles. The third-order valence-electron chi connectivity index (χ3n) is 4.53. The summed E-state index contributed by atoms with van der Waals surface area (Å²) in [6.07, 6.45) is 2.97. The summed E-state index contributed by atoms with van der Waals surface area (Å²) in [7, 11) is 0. The van der Waals surface area contributed by atoms with E-state index < -0.39 is 0 Å². The highest BCUT2D eigenvalue weighted by molar-refractivity contribution is 5.57. The highest BCUT2D eigenvalue weighted by Gasteiger charge is 2.27. The third-order valence-corrected chi connectivity index (χ3v) is 4.53. The number of aromatic amines is 1. The topological polar surface area (TPSA) is 72.1 Å². The van der Waals surface area contributed by atoms with Crippen molar-refractivity contribution in [3.8, 4) is 11.4 Å². The summed E-state index contributed by atoms with van der Waals surface area (Å²) in [6.45, 7) is 5.89. The maximum Gasteiger partial charge on any atom is 0.125 e. The van der Waals surface area contributed by atoms with Gasteiger partial charge in [0.15, 0.2) is 0 Å². The fourth-order valence-corrected chi connectivity index (χ4v) is 3.44. The molecule has 2 aliphatic rings. The predicted molar refractivity (Wildman–Crippen MR) is 86.2 cm³/mol. The summed E-state index contributed by atoms with van der Waals surface area (Å²) >= 11 is 0. The Labute approximate surface area is 135 Å². The monoisotopic (exact) mass is 314 g/mol. The van der Waals surface area contributed by atoms with E-state index in [1.165, 1.54) is 11.3 Å². The summed E-state index contributed by atoms with van der Waals surface area (Å²) in [5, 5.41) is 3.51. The zero-order valence-electron chi connectivity index (χ0n) is 13.3. The van der Waals surface area contributed by atoms with E-state index in [1.54, 1.807) is 6.20 Å². The Hall–Kier alpha value is -1.76. The molecule has 122 valence electrons. The number of H-pyrrole nitrogens is 1. The first-order valence-electron chi connectivity index (χ1n) is 8.21. The Morgan fingerprint density at radius 3 is 3.13 bits per heavy atom. The van der Waals surface area contributed by atoms with Crippen LogP contribution in [0.2, 0.25) is 0 Å². The van der Waals surface area contributed by atoms with Crippen LogP contribution in [0.15, 0.2) is 18.3 Å². The lowest BCUT2D eigenvalue weighted by atomic mass is 9.92. The molecule has 6 heteroatoms. The summed E-state index contributed by atoms with van der Waals surface area (Å²) < 4.78 is 11.3. The van der Waals surface area contributed by atoms with E-state index in [1.807, 2.05) is 13.0 Å². The molecule has 0 radical (unpaired) electrons. The van der Waals surface area contributed by atoms with Crippen LogP contribution in [-0.4, -0.2) is 47.4 Å². The second-order valence-corrected chi connectivity index (χ2v) is 6.24. The van der Waals surface area contributed by atoms with E-state index in [0.717, 1.165) is 36.7 Å². The van der Waals surface area contributed by atoms with Crippen LogP contribution in [0.1, 0.15) is 29.4 Å². The first-order valence-corrected chi connectivity index (χ1v) is 8.21. The largest absolute Gasteiger partial charge is 0.376 e. The summed E-state index contributed by atoms with van der Waals surface area (Å²) in [5.41, 5.74) is 4.64. The molecule has 1 fully saturated rings. The maximum atomic E-state index is 5.82. The average molecular weight is 314 g/mol. The smallest absolute Gasteiger partial charge is 0.125 e. The number of aryl methyl sites for hydroxylation is 1. The minimum Gasteiger partial charge on any atom is -0.376 e. The fraction of sp³-hybridized carbons (Fsp3) is 0.529. The molecule has 2 aromatic heterocycles. The molecule has 0 spiro atoms. The standard InChI is InChI=1S/C17H22N4O2/c1-11-19-3-2-15(20-11)16-7-13-9-18-8-12(17(13)21-16)6-14-10-22-4-5-23-14/h2-3,7,12,14,18,21H,4-6,8-10H2,1H3. The van der Waals surface area contributed by atoms with Gasteiger partial charge in [0.2, 0.25) is 0 Å². The lowest BCUT2D eigenvalue weighted by Crippen LogP contribution is -2.35. The normalized spacial score (nSPS) is 24.4. The number of hydrogen-bond donors (Lipinski definition) is 2. The van der Waals surface area contributed by atoms with Crippen LogP contribution in [0.3, 0.4) is 0 Å². The molecule has 0 aromatic carbocycles. The van der Waals surface area contributed by atoms with Crippen LogP contribution in [-0.2, 0) is 16.0 Å². The van der Waals surface area contributed by atoms with E-state index >= 15 is 0 Å². The van der Waals surface area contributed by atoms with Gasteiger partial charge in [-0.05, 0) is 31.0 Å². The number of rotatable bonds is 3. The van der Waals surface area contributed by atoms with Gasteiger partial charge in [-0.2, -0.15) is 0 Å². The number of ether oxygens (including phenoxy) is 2. The highest BCUT2D eigenvalue weighted by Crippen LogP contribution is 2.31. The number of nitrogens with one attached hydrogen (secondary N) is 2. The zero-order chi connectivity index (χ0) is 15.6. The van der Waals surface area contributed by atoms with E-state index in [2.05, 4.69) is 26.3 Å². The number of fused-ring (bicyclic) bond motifs is 1. The minimum absolute atomic E-state index is 0.189. The van der Waals surface area contributed by atoms with Crippen LogP contribution >= 0.6 is 0 Å². The van der Waals surface area contributed by atoms with Crippen LogP contribution in [0.4, 0.5) is 0 Å². The van der Waals surface area contributed by atoms with Gasteiger partial charge in [0.05, 0.1) is 37.3 Å².